The number of carbonyl (C=O) groups is 1. The van der Waals surface area contributed by atoms with E-state index in [9.17, 15) is 9.90 Å². The van der Waals surface area contributed by atoms with Crippen molar-refractivity contribution in [3.63, 3.8) is 0 Å². The first-order valence-electron chi connectivity index (χ1n) is 6.98. The molecule has 1 aliphatic rings. The summed E-state index contributed by atoms with van der Waals surface area (Å²) in [5.41, 5.74) is 4.16. The van der Waals surface area contributed by atoms with Gasteiger partial charge in [-0.3, -0.25) is 14.6 Å². The summed E-state index contributed by atoms with van der Waals surface area (Å²) in [6, 6.07) is 5.87. The van der Waals surface area contributed by atoms with E-state index in [4.69, 9.17) is 4.84 Å². The number of hydrogen-bond donors (Lipinski definition) is 1. The van der Waals surface area contributed by atoms with Crippen molar-refractivity contribution in [2.45, 2.75) is 26.9 Å². The molecule has 0 spiro atoms. The molecule has 1 N–H and O–H groups in total. The molecule has 3 rings (SSSR count). The minimum Gasteiger partial charge on any atom is -0.389 e. The molecule has 1 aliphatic heterocycles. The van der Waals surface area contributed by atoms with Crippen LogP contribution in [0.25, 0.3) is 10.9 Å². The third kappa shape index (κ3) is 2.39. The Morgan fingerprint density at radius 2 is 2.14 bits per heavy atom. The molecule has 0 bridgehead atoms. The summed E-state index contributed by atoms with van der Waals surface area (Å²) in [6.45, 7) is 6.13. The molecule has 5 heteroatoms. The average molecular weight is 286 g/mol. The predicted octanol–water partition coefficient (Wildman–Crippen LogP) is 1.91. The molecule has 5 nitrogen and oxygen atoms in total. The number of nitrogens with zero attached hydrogens (tertiary/aromatic N) is 2. The van der Waals surface area contributed by atoms with Crippen molar-refractivity contribution in [3.05, 3.63) is 40.6 Å². The summed E-state index contributed by atoms with van der Waals surface area (Å²) < 4.78 is 0. The van der Waals surface area contributed by atoms with Gasteiger partial charge in [-0.1, -0.05) is 11.6 Å². The highest BCUT2D eigenvalue weighted by Crippen LogP contribution is 2.26. The van der Waals surface area contributed by atoms with Crippen LogP contribution in [-0.2, 0) is 4.84 Å². The van der Waals surface area contributed by atoms with Crippen molar-refractivity contribution in [1.82, 2.24) is 10.0 Å². The Morgan fingerprint density at radius 1 is 1.38 bits per heavy atom. The Kier molecular flexibility index (Phi) is 3.39. The van der Waals surface area contributed by atoms with Crippen LogP contribution in [0.4, 0.5) is 0 Å². The van der Waals surface area contributed by atoms with E-state index in [1.807, 2.05) is 39.0 Å². The van der Waals surface area contributed by atoms with Gasteiger partial charge in [0.05, 0.1) is 17.6 Å². The number of hydrogen-bond acceptors (Lipinski definition) is 4. The molecular weight excluding hydrogens is 268 g/mol. The van der Waals surface area contributed by atoms with E-state index in [1.54, 1.807) is 0 Å². The van der Waals surface area contributed by atoms with Crippen molar-refractivity contribution in [2.75, 3.05) is 13.2 Å². The molecule has 0 radical (unpaired) electrons. The van der Waals surface area contributed by atoms with Crippen LogP contribution in [0.2, 0.25) is 0 Å². The van der Waals surface area contributed by atoms with Crippen LogP contribution in [0.1, 0.15) is 27.2 Å². The van der Waals surface area contributed by atoms with E-state index < -0.39 is 6.10 Å². The summed E-state index contributed by atoms with van der Waals surface area (Å²) in [5.74, 6) is -0.217. The molecule has 1 atom stereocenters. The van der Waals surface area contributed by atoms with Gasteiger partial charge in [-0.2, -0.15) is 0 Å². The van der Waals surface area contributed by atoms with Gasteiger partial charge < -0.3 is 5.11 Å². The molecule has 21 heavy (non-hydrogen) atoms. The van der Waals surface area contributed by atoms with E-state index in [0.29, 0.717) is 5.56 Å². The molecule has 0 saturated carbocycles. The Hall–Kier alpha value is -1.98. The number of aliphatic hydroxyl groups is 1. The molecule has 0 aliphatic carbocycles. The first-order valence-corrected chi connectivity index (χ1v) is 6.98. The first-order chi connectivity index (χ1) is 9.97. The Labute approximate surface area is 123 Å². The highest BCUT2D eigenvalue weighted by atomic mass is 16.7. The number of rotatable bonds is 1. The van der Waals surface area contributed by atoms with Gasteiger partial charge in [-0.25, -0.2) is 5.06 Å². The van der Waals surface area contributed by atoms with Crippen LogP contribution < -0.4 is 0 Å². The molecule has 1 fully saturated rings. The van der Waals surface area contributed by atoms with Gasteiger partial charge in [0.25, 0.3) is 5.91 Å². The van der Waals surface area contributed by atoms with Gasteiger partial charge in [0, 0.05) is 11.1 Å². The largest absolute Gasteiger partial charge is 0.389 e. The second kappa shape index (κ2) is 5.09. The number of aromatic nitrogens is 1. The number of fused-ring (bicyclic) bond motifs is 1. The van der Waals surface area contributed by atoms with Crippen molar-refractivity contribution in [3.8, 4) is 0 Å². The van der Waals surface area contributed by atoms with Crippen molar-refractivity contribution < 1.29 is 14.7 Å². The lowest BCUT2D eigenvalue weighted by Gasteiger charge is -2.18. The van der Waals surface area contributed by atoms with Gasteiger partial charge in [0.15, 0.2) is 0 Å². The van der Waals surface area contributed by atoms with E-state index in [1.165, 1.54) is 5.06 Å². The van der Waals surface area contributed by atoms with Gasteiger partial charge in [0.1, 0.15) is 12.7 Å². The number of aliphatic hydroxyl groups excluding tert-OH is 1. The second-order valence-electron chi connectivity index (χ2n) is 5.53. The Morgan fingerprint density at radius 3 is 2.81 bits per heavy atom. The smallest absolute Gasteiger partial charge is 0.278 e. The fraction of sp³-hybridized carbons (Fsp3) is 0.375. The van der Waals surface area contributed by atoms with Crippen LogP contribution in [0.3, 0.4) is 0 Å². The molecule has 1 aromatic heterocycles. The number of carbonyl (C=O) groups excluding carboxylic acids is 1. The fourth-order valence-corrected chi connectivity index (χ4v) is 2.61. The molecule has 1 saturated heterocycles. The van der Waals surface area contributed by atoms with Crippen LogP contribution in [0.5, 0.6) is 0 Å². The standard InChI is InChI=1S/C16H18N2O3/c1-9-4-5-14-13(6-9)15(10(2)11(3)17-14)16(20)18-7-12(19)8-21-18/h4-6,12,19H,7-8H2,1-3H3. The summed E-state index contributed by atoms with van der Waals surface area (Å²) in [5, 5.41) is 11.6. The third-order valence-electron chi connectivity index (χ3n) is 3.87. The maximum atomic E-state index is 12.8. The zero-order valence-electron chi connectivity index (χ0n) is 12.4. The number of benzene rings is 1. The zero-order chi connectivity index (χ0) is 15.1. The normalized spacial score (nSPS) is 18.5. The van der Waals surface area contributed by atoms with E-state index in [2.05, 4.69) is 4.98 Å². The van der Waals surface area contributed by atoms with Crippen molar-refractivity contribution in [1.29, 1.82) is 0 Å². The zero-order valence-corrected chi connectivity index (χ0v) is 12.4. The first kappa shape index (κ1) is 14.0. The summed E-state index contributed by atoms with van der Waals surface area (Å²) >= 11 is 0. The number of pyridine rings is 1. The van der Waals surface area contributed by atoms with E-state index in [-0.39, 0.29) is 19.1 Å². The van der Waals surface area contributed by atoms with Gasteiger partial charge in [0.2, 0.25) is 0 Å². The van der Waals surface area contributed by atoms with E-state index in [0.717, 1.165) is 27.7 Å². The molecule has 1 amide bonds. The summed E-state index contributed by atoms with van der Waals surface area (Å²) in [6.07, 6.45) is -0.620. The van der Waals surface area contributed by atoms with E-state index >= 15 is 0 Å². The topological polar surface area (TPSA) is 62.7 Å². The second-order valence-corrected chi connectivity index (χ2v) is 5.53. The van der Waals surface area contributed by atoms with Gasteiger partial charge in [-0.15, -0.1) is 0 Å². The highest BCUT2D eigenvalue weighted by molar-refractivity contribution is 6.07. The fourth-order valence-electron chi connectivity index (χ4n) is 2.61. The summed E-state index contributed by atoms with van der Waals surface area (Å²) in [4.78, 5) is 22.6. The molecule has 2 heterocycles. The minimum absolute atomic E-state index is 0.159. The summed E-state index contributed by atoms with van der Waals surface area (Å²) in [7, 11) is 0. The SMILES string of the molecule is Cc1ccc2nc(C)c(C)c(C(=O)N3CC(O)CO3)c2c1. The molecule has 1 unspecified atom stereocenters. The lowest BCUT2D eigenvalue weighted by atomic mass is 9.99. The van der Waals surface area contributed by atoms with Crippen LogP contribution in [0.15, 0.2) is 18.2 Å². The number of aryl methyl sites for hydroxylation is 2. The maximum absolute atomic E-state index is 12.8. The lowest BCUT2D eigenvalue weighted by molar-refractivity contribution is -0.0779. The lowest BCUT2D eigenvalue weighted by Crippen LogP contribution is -2.29. The monoisotopic (exact) mass is 286 g/mol. The van der Waals surface area contributed by atoms with Crippen molar-refractivity contribution in [2.24, 2.45) is 0 Å². The quantitative estimate of drug-likeness (QED) is 0.870. The van der Waals surface area contributed by atoms with Gasteiger partial charge >= 0.3 is 0 Å². The van der Waals surface area contributed by atoms with Crippen LogP contribution in [-0.4, -0.2) is 40.3 Å². The molecule has 1 aromatic carbocycles. The van der Waals surface area contributed by atoms with Crippen LogP contribution in [0, 0.1) is 20.8 Å². The number of amides is 1. The minimum atomic E-state index is -0.620. The number of hydroxylamine groups is 2. The third-order valence-corrected chi connectivity index (χ3v) is 3.87. The average Bonchev–Trinajstić information content (AvgIpc) is 2.87. The molecular formula is C16H18N2O3. The number of β-amino-alcohol motifs (C(OH)–C–C–N with tert-alkyl or cyclic N) is 1. The van der Waals surface area contributed by atoms with Gasteiger partial charge in [-0.05, 0) is 38.5 Å². The predicted molar refractivity (Wildman–Crippen MR) is 78.9 cm³/mol. The Balaban J connectivity index is 2.18. The molecule has 2 aromatic rings. The Bertz CT molecular complexity index is 727. The highest BCUT2D eigenvalue weighted by Gasteiger charge is 2.29. The van der Waals surface area contributed by atoms with Crippen LogP contribution >= 0.6 is 0 Å². The van der Waals surface area contributed by atoms with Crippen molar-refractivity contribution >= 4 is 16.8 Å². The molecule has 110 valence electrons. The maximum Gasteiger partial charge on any atom is 0.278 e.